The Balaban J connectivity index is 1.26. The summed E-state index contributed by atoms with van der Waals surface area (Å²) in [6, 6.07) is 15.6. The molecule has 0 aliphatic rings. The SMILES string of the molecule is Cc1ccc(OCCCC(=O)Nc2ccc(CNc3cc(C(F)(F)F)nc4ncnn34)cc2)cc1. The van der Waals surface area contributed by atoms with Crippen LogP contribution in [0, 0.1) is 6.92 Å². The average Bonchev–Trinajstić information content (AvgIpc) is 3.31. The molecular formula is C24H23F3N6O2. The van der Waals surface area contributed by atoms with Gasteiger partial charge in [0.05, 0.1) is 6.61 Å². The fourth-order valence-corrected chi connectivity index (χ4v) is 3.26. The Labute approximate surface area is 199 Å². The minimum absolute atomic E-state index is 0.116. The zero-order chi connectivity index (χ0) is 24.8. The van der Waals surface area contributed by atoms with E-state index in [0.29, 0.717) is 25.1 Å². The lowest BCUT2D eigenvalue weighted by atomic mass is 10.2. The third-order valence-corrected chi connectivity index (χ3v) is 5.09. The highest BCUT2D eigenvalue weighted by atomic mass is 19.4. The Morgan fingerprint density at radius 1 is 1.09 bits per heavy atom. The van der Waals surface area contributed by atoms with Crippen LogP contribution in [0.4, 0.5) is 24.7 Å². The third kappa shape index (κ3) is 6.46. The van der Waals surface area contributed by atoms with E-state index in [0.717, 1.165) is 29.3 Å². The Morgan fingerprint density at radius 3 is 2.54 bits per heavy atom. The lowest BCUT2D eigenvalue weighted by Crippen LogP contribution is -2.14. The first kappa shape index (κ1) is 24.0. The average molecular weight is 484 g/mol. The maximum atomic E-state index is 13.1. The van der Waals surface area contributed by atoms with Crippen molar-refractivity contribution in [3.8, 4) is 5.75 Å². The van der Waals surface area contributed by atoms with E-state index in [-0.39, 0.29) is 24.0 Å². The van der Waals surface area contributed by atoms with E-state index < -0.39 is 11.9 Å². The number of nitrogens with zero attached hydrogens (tertiary/aromatic N) is 4. The van der Waals surface area contributed by atoms with Gasteiger partial charge in [-0.3, -0.25) is 4.79 Å². The predicted octanol–water partition coefficient (Wildman–Crippen LogP) is 4.86. The number of ether oxygens (including phenoxy) is 1. The van der Waals surface area contributed by atoms with Gasteiger partial charge >= 0.3 is 6.18 Å². The quantitative estimate of drug-likeness (QED) is 0.330. The largest absolute Gasteiger partial charge is 0.494 e. The van der Waals surface area contributed by atoms with Gasteiger partial charge in [0.25, 0.3) is 5.78 Å². The van der Waals surface area contributed by atoms with Gasteiger partial charge in [-0.2, -0.15) is 27.8 Å². The lowest BCUT2D eigenvalue weighted by molar-refractivity contribution is -0.141. The number of aromatic nitrogens is 4. The lowest BCUT2D eigenvalue weighted by Gasteiger charge is -2.12. The number of carbonyl (C=O) groups is 1. The van der Waals surface area contributed by atoms with Crippen LogP contribution in [0.1, 0.15) is 29.7 Å². The first-order chi connectivity index (χ1) is 16.8. The molecule has 35 heavy (non-hydrogen) atoms. The standard InChI is InChI=1S/C24H23F3N6O2/c1-16-4-10-19(11-5-16)35-12-2-3-22(34)31-18-8-6-17(7-9-18)14-28-21-13-20(24(25,26)27)32-23-29-15-30-33(21)23/h4-11,13,15,28H,2-3,12,14H2,1H3,(H,31,34). The van der Waals surface area contributed by atoms with Gasteiger partial charge in [-0.15, -0.1) is 0 Å². The molecule has 0 atom stereocenters. The summed E-state index contributed by atoms with van der Waals surface area (Å²) in [7, 11) is 0. The number of carbonyl (C=O) groups excluding carboxylic acids is 1. The molecule has 4 aromatic rings. The summed E-state index contributed by atoms with van der Waals surface area (Å²) in [5.74, 6) is 0.606. The van der Waals surface area contributed by atoms with Gasteiger partial charge in [0, 0.05) is 24.7 Å². The molecule has 0 radical (unpaired) electrons. The molecule has 8 nitrogen and oxygen atoms in total. The number of halogens is 3. The highest BCUT2D eigenvalue weighted by Crippen LogP contribution is 2.29. The van der Waals surface area contributed by atoms with Gasteiger partial charge in [-0.05, 0) is 43.2 Å². The molecule has 2 aromatic heterocycles. The van der Waals surface area contributed by atoms with E-state index in [1.165, 1.54) is 4.52 Å². The Morgan fingerprint density at radius 2 is 1.83 bits per heavy atom. The topological polar surface area (TPSA) is 93.4 Å². The van der Waals surface area contributed by atoms with Crippen LogP contribution in [0.3, 0.4) is 0 Å². The smallest absolute Gasteiger partial charge is 0.433 e. The summed E-state index contributed by atoms with van der Waals surface area (Å²) >= 11 is 0. The highest BCUT2D eigenvalue weighted by molar-refractivity contribution is 5.90. The fraction of sp³-hybridized carbons (Fsp3) is 0.250. The van der Waals surface area contributed by atoms with Crippen molar-refractivity contribution >= 4 is 23.2 Å². The van der Waals surface area contributed by atoms with Gasteiger partial charge in [0.2, 0.25) is 5.91 Å². The number of amides is 1. The van der Waals surface area contributed by atoms with Gasteiger partial charge < -0.3 is 15.4 Å². The Bertz CT molecular complexity index is 1290. The number of rotatable bonds is 9. The van der Waals surface area contributed by atoms with Crippen LogP contribution in [-0.4, -0.2) is 32.1 Å². The fourth-order valence-electron chi connectivity index (χ4n) is 3.26. The molecule has 182 valence electrons. The Hall–Kier alpha value is -4.15. The van der Waals surface area contributed by atoms with Crippen LogP contribution < -0.4 is 15.4 Å². The number of alkyl halides is 3. The molecule has 2 N–H and O–H groups in total. The molecule has 11 heteroatoms. The van der Waals surface area contributed by atoms with Gasteiger partial charge in [-0.25, -0.2) is 4.98 Å². The summed E-state index contributed by atoms with van der Waals surface area (Å²) in [6.45, 7) is 2.67. The van der Waals surface area contributed by atoms with E-state index in [9.17, 15) is 18.0 Å². The van der Waals surface area contributed by atoms with E-state index in [4.69, 9.17) is 4.74 Å². The molecule has 0 unspecified atom stereocenters. The zero-order valence-electron chi connectivity index (χ0n) is 18.8. The summed E-state index contributed by atoms with van der Waals surface area (Å²) < 4.78 is 46.2. The summed E-state index contributed by atoms with van der Waals surface area (Å²) in [4.78, 5) is 19.4. The second kappa shape index (κ2) is 10.4. The number of fused-ring (bicyclic) bond motifs is 1. The van der Waals surface area contributed by atoms with Crippen LogP contribution in [0.2, 0.25) is 0 Å². The molecule has 0 aliphatic heterocycles. The van der Waals surface area contributed by atoms with E-state index in [1.54, 1.807) is 24.3 Å². The van der Waals surface area contributed by atoms with Crippen molar-refractivity contribution in [2.24, 2.45) is 0 Å². The molecule has 4 rings (SSSR count). The zero-order valence-corrected chi connectivity index (χ0v) is 18.8. The monoisotopic (exact) mass is 484 g/mol. The number of aryl methyl sites for hydroxylation is 1. The Kier molecular flexibility index (Phi) is 7.14. The second-order valence-electron chi connectivity index (χ2n) is 7.86. The van der Waals surface area contributed by atoms with Crippen molar-refractivity contribution in [2.45, 2.75) is 32.5 Å². The van der Waals surface area contributed by atoms with Crippen molar-refractivity contribution in [3.05, 3.63) is 77.7 Å². The number of nitrogens with one attached hydrogen (secondary N) is 2. The molecule has 0 saturated heterocycles. The number of hydrogen-bond donors (Lipinski definition) is 2. The molecule has 1 amide bonds. The summed E-state index contributed by atoms with van der Waals surface area (Å²) in [6.07, 6.45) is -2.58. The van der Waals surface area contributed by atoms with Crippen molar-refractivity contribution in [3.63, 3.8) is 0 Å². The van der Waals surface area contributed by atoms with Crippen LogP contribution in [-0.2, 0) is 17.5 Å². The van der Waals surface area contributed by atoms with Crippen molar-refractivity contribution in [2.75, 3.05) is 17.2 Å². The minimum Gasteiger partial charge on any atom is -0.494 e. The second-order valence-corrected chi connectivity index (χ2v) is 7.86. The van der Waals surface area contributed by atoms with Crippen LogP contribution >= 0.6 is 0 Å². The molecule has 0 fully saturated rings. The third-order valence-electron chi connectivity index (χ3n) is 5.09. The molecule has 2 heterocycles. The maximum Gasteiger partial charge on any atom is 0.433 e. The first-order valence-corrected chi connectivity index (χ1v) is 10.9. The molecular weight excluding hydrogens is 461 g/mol. The van der Waals surface area contributed by atoms with Crippen LogP contribution in [0.15, 0.2) is 60.9 Å². The highest BCUT2D eigenvalue weighted by Gasteiger charge is 2.34. The van der Waals surface area contributed by atoms with Crippen LogP contribution in [0.5, 0.6) is 5.75 Å². The van der Waals surface area contributed by atoms with Crippen molar-refractivity contribution in [1.29, 1.82) is 0 Å². The normalized spacial score (nSPS) is 11.4. The van der Waals surface area contributed by atoms with Gasteiger partial charge in [-0.1, -0.05) is 29.8 Å². The first-order valence-electron chi connectivity index (χ1n) is 10.9. The molecule has 0 bridgehead atoms. The van der Waals surface area contributed by atoms with Crippen molar-refractivity contribution in [1.82, 2.24) is 19.6 Å². The summed E-state index contributed by atoms with van der Waals surface area (Å²) in [5.41, 5.74) is 1.52. The van der Waals surface area contributed by atoms with E-state index in [2.05, 4.69) is 25.7 Å². The molecule has 2 aromatic carbocycles. The maximum absolute atomic E-state index is 13.1. The summed E-state index contributed by atoms with van der Waals surface area (Å²) in [5, 5.41) is 9.67. The van der Waals surface area contributed by atoms with Crippen molar-refractivity contribution < 1.29 is 22.7 Å². The number of anilines is 2. The molecule has 0 saturated carbocycles. The van der Waals surface area contributed by atoms with E-state index in [1.807, 2.05) is 31.2 Å². The number of benzene rings is 2. The molecule has 0 spiro atoms. The van der Waals surface area contributed by atoms with Gasteiger partial charge in [0.15, 0.2) is 5.69 Å². The predicted molar refractivity (Wildman–Crippen MR) is 124 cm³/mol. The minimum atomic E-state index is -4.60. The van der Waals surface area contributed by atoms with E-state index >= 15 is 0 Å². The van der Waals surface area contributed by atoms with Crippen LogP contribution in [0.25, 0.3) is 5.78 Å². The number of hydrogen-bond acceptors (Lipinski definition) is 6. The van der Waals surface area contributed by atoms with Gasteiger partial charge in [0.1, 0.15) is 17.9 Å². The molecule has 0 aliphatic carbocycles.